The molecule has 0 saturated carbocycles. The summed E-state index contributed by atoms with van der Waals surface area (Å²) in [6.45, 7) is 0. The fraction of sp³-hybridized carbons (Fsp3) is 0.250. The fourth-order valence-electron chi connectivity index (χ4n) is 0.249. The molecular weight excluding hydrogens is 94.1 g/mol. The van der Waals surface area contributed by atoms with Crippen LogP contribution in [-0.4, -0.2) is 6.21 Å². The highest BCUT2D eigenvalue weighted by Crippen LogP contribution is 2.05. The Hall–Kier alpha value is -0.240. The first-order chi connectivity index (χ1) is 3.00. The second-order valence-electron chi connectivity index (χ2n) is 0.937. The molecule has 1 heterocycles. The SMILES string of the molecule is [C]1=CCC=NS1. The molecule has 1 radical (unpaired) electrons. The van der Waals surface area contributed by atoms with Crippen LogP contribution in [0.15, 0.2) is 10.5 Å². The molecule has 1 nitrogen and oxygen atoms in total. The van der Waals surface area contributed by atoms with Crippen LogP contribution in [0.25, 0.3) is 0 Å². The van der Waals surface area contributed by atoms with E-state index in [4.69, 9.17) is 0 Å². The molecule has 0 unspecified atom stereocenters. The maximum atomic E-state index is 3.83. The number of allylic oxidation sites excluding steroid dienone is 1. The van der Waals surface area contributed by atoms with E-state index in [1.54, 1.807) is 0 Å². The summed E-state index contributed by atoms with van der Waals surface area (Å²) in [6.07, 6.45) is 4.77. The van der Waals surface area contributed by atoms with Crippen molar-refractivity contribution in [2.24, 2.45) is 4.40 Å². The molecule has 1 aliphatic heterocycles. The average molecular weight is 98.2 g/mol. The van der Waals surface area contributed by atoms with Crippen LogP contribution in [0.2, 0.25) is 0 Å². The van der Waals surface area contributed by atoms with E-state index in [-0.39, 0.29) is 0 Å². The second kappa shape index (κ2) is 2.03. The minimum absolute atomic E-state index is 0.951. The lowest BCUT2D eigenvalue weighted by atomic mass is 10.5. The van der Waals surface area contributed by atoms with Gasteiger partial charge < -0.3 is 0 Å². The van der Waals surface area contributed by atoms with Crippen molar-refractivity contribution in [3.8, 4) is 0 Å². The van der Waals surface area contributed by atoms with E-state index in [1.807, 2.05) is 12.3 Å². The van der Waals surface area contributed by atoms with Gasteiger partial charge in [-0.15, -0.1) is 0 Å². The molecule has 0 fully saturated rings. The summed E-state index contributed by atoms with van der Waals surface area (Å²) in [5, 5.41) is 2.88. The van der Waals surface area contributed by atoms with Crippen LogP contribution in [-0.2, 0) is 0 Å². The first kappa shape index (κ1) is 3.93. The Morgan fingerprint density at radius 2 is 2.83 bits per heavy atom. The van der Waals surface area contributed by atoms with Gasteiger partial charge in [-0.3, -0.25) is 0 Å². The molecule has 0 aliphatic carbocycles. The quantitative estimate of drug-likeness (QED) is 0.417. The van der Waals surface area contributed by atoms with Gasteiger partial charge in [0.1, 0.15) is 0 Å². The molecule has 6 heavy (non-hydrogen) atoms. The van der Waals surface area contributed by atoms with Crippen molar-refractivity contribution in [3.63, 3.8) is 0 Å². The molecule has 31 valence electrons. The molecule has 0 aromatic heterocycles. The first-order valence-corrected chi connectivity index (χ1v) is 2.52. The highest BCUT2D eigenvalue weighted by Gasteiger charge is 1.79. The first-order valence-electron chi connectivity index (χ1n) is 1.75. The monoisotopic (exact) mass is 98.0 g/mol. The van der Waals surface area contributed by atoms with E-state index in [9.17, 15) is 0 Å². The Bertz CT molecular complexity index is 65.5. The smallest absolute Gasteiger partial charge is 0.0420 e. The van der Waals surface area contributed by atoms with Crippen LogP contribution in [0.4, 0.5) is 0 Å². The summed E-state index contributed by atoms with van der Waals surface area (Å²) >= 11 is 1.36. The highest BCUT2D eigenvalue weighted by molar-refractivity contribution is 7.99. The van der Waals surface area contributed by atoms with Crippen LogP contribution >= 0.6 is 11.9 Å². The predicted octanol–water partition coefficient (Wildman–Crippen LogP) is 1.43. The Morgan fingerprint density at radius 3 is 3.00 bits per heavy atom. The lowest BCUT2D eigenvalue weighted by molar-refractivity contribution is 1.52. The van der Waals surface area contributed by atoms with Gasteiger partial charge >= 0.3 is 0 Å². The molecule has 0 saturated heterocycles. The van der Waals surface area contributed by atoms with Crippen molar-refractivity contribution < 1.29 is 0 Å². The number of hydrogen-bond acceptors (Lipinski definition) is 2. The maximum absolute atomic E-state index is 3.83. The van der Waals surface area contributed by atoms with Gasteiger partial charge in [-0.2, -0.15) is 0 Å². The van der Waals surface area contributed by atoms with Crippen LogP contribution in [0.3, 0.4) is 0 Å². The molecule has 1 rings (SSSR count). The minimum Gasteiger partial charge on any atom is -0.223 e. The molecule has 1 aliphatic rings. The standard InChI is InChI=1S/C4H4NS/c1-2-4-6-5-3-1/h2-3H,1H2. The zero-order valence-electron chi connectivity index (χ0n) is 3.22. The van der Waals surface area contributed by atoms with Crippen molar-refractivity contribution in [3.05, 3.63) is 11.5 Å². The third kappa shape index (κ3) is 0.863. The minimum atomic E-state index is 0.951. The summed E-state index contributed by atoms with van der Waals surface area (Å²) in [6, 6.07) is 0. The van der Waals surface area contributed by atoms with E-state index in [2.05, 4.69) is 9.81 Å². The predicted molar refractivity (Wildman–Crippen MR) is 28.5 cm³/mol. The summed E-state index contributed by atoms with van der Waals surface area (Å²) in [7, 11) is 0. The number of rotatable bonds is 0. The fourth-order valence-corrected chi connectivity index (χ4v) is 0.641. The van der Waals surface area contributed by atoms with Gasteiger partial charge in [0, 0.05) is 30.0 Å². The maximum Gasteiger partial charge on any atom is 0.0420 e. The van der Waals surface area contributed by atoms with Gasteiger partial charge in [0.25, 0.3) is 0 Å². The highest BCUT2D eigenvalue weighted by atomic mass is 32.2. The van der Waals surface area contributed by atoms with E-state index in [0.717, 1.165) is 6.42 Å². The third-order valence-corrected chi connectivity index (χ3v) is 1.01. The molecular formula is C4H4NS. The van der Waals surface area contributed by atoms with E-state index >= 15 is 0 Å². The van der Waals surface area contributed by atoms with Crippen molar-refractivity contribution in [2.75, 3.05) is 0 Å². The molecule has 0 atom stereocenters. The Balaban J connectivity index is 2.40. The molecule has 0 amide bonds. The zero-order chi connectivity index (χ0) is 4.24. The van der Waals surface area contributed by atoms with Crippen molar-refractivity contribution in [1.82, 2.24) is 0 Å². The Morgan fingerprint density at radius 1 is 1.83 bits per heavy atom. The van der Waals surface area contributed by atoms with Crippen molar-refractivity contribution >= 4 is 18.2 Å². The molecule has 0 aromatic carbocycles. The molecule has 2 heteroatoms. The lowest BCUT2D eigenvalue weighted by Crippen LogP contribution is -1.69. The number of nitrogens with zero attached hydrogens (tertiary/aromatic N) is 1. The average Bonchev–Trinajstić information content (AvgIpc) is 1.72. The van der Waals surface area contributed by atoms with E-state index in [0.29, 0.717) is 0 Å². The normalized spacial score (nSPS) is 18.7. The lowest BCUT2D eigenvalue weighted by Gasteiger charge is -1.85. The van der Waals surface area contributed by atoms with Gasteiger partial charge in [-0.1, -0.05) is 6.08 Å². The van der Waals surface area contributed by atoms with Crippen LogP contribution < -0.4 is 0 Å². The Kier molecular flexibility index (Phi) is 1.33. The molecule has 0 spiro atoms. The van der Waals surface area contributed by atoms with Gasteiger partial charge in [0.15, 0.2) is 0 Å². The van der Waals surface area contributed by atoms with Crippen LogP contribution in [0.1, 0.15) is 6.42 Å². The molecule has 0 aromatic rings. The van der Waals surface area contributed by atoms with Crippen molar-refractivity contribution in [2.45, 2.75) is 6.42 Å². The van der Waals surface area contributed by atoms with Gasteiger partial charge in [0.05, 0.1) is 0 Å². The van der Waals surface area contributed by atoms with Crippen LogP contribution in [0.5, 0.6) is 0 Å². The molecule has 0 bridgehead atoms. The zero-order valence-corrected chi connectivity index (χ0v) is 4.03. The summed E-state index contributed by atoms with van der Waals surface area (Å²) < 4.78 is 3.83. The van der Waals surface area contributed by atoms with E-state index < -0.39 is 0 Å². The van der Waals surface area contributed by atoms with Gasteiger partial charge in [-0.25, -0.2) is 4.40 Å². The summed E-state index contributed by atoms with van der Waals surface area (Å²) in [4.78, 5) is 0. The largest absolute Gasteiger partial charge is 0.223 e. The van der Waals surface area contributed by atoms with Crippen LogP contribution in [0, 0.1) is 5.41 Å². The van der Waals surface area contributed by atoms with E-state index in [1.165, 1.54) is 11.9 Å². The number of hydrogen-bond donors (Lipinski definition) is 0. The van der Waals surface area contributed by atoms with Gasteiger partial charge in [-0.05, 0) is 0 Å². The second-order valence-corrected chi connectivity index (χ2v) is 1.57. The van der Waals surface area contributed by atoms with Gasteiger partial charge in [0.2, 0.25) is 0 Å². The third-order valence-electron chi connectivity index (χ3n) is 0.487. The Labute approximate surface area is 41.3 Å². The summed E-state index contributed by atoms with van der Waals surface area (Å²) in [5.74, 6) is 0. The van der Waals surface area contributed by atoms with Crippen molar-refractivity contribution in [1.29, 1.82) is 0 Å². The summed E-state index contributed by atoms with van der Waals surface area (Å²) in [5.41, 5.74) is 0. The topological polar surface area (TPSA) is 12.4 Å². The molecule has 0 N–H and O–H groups in total.